The Morgan fingerprint density at radius 2 is 1.91 bits per heavy atom. The van der Waals surface area contributed by atoms with Gasteiger partial charge in [0.1, 0.15) is 0 Å². The van der Waals surface area contributed by atoms with Crippen molar-refractivity contribution in [1.82, 2.24) is 25.3 Å². The monoisotopic (exact) mass is 570 g/mol. The predicted octanol–water partition coefficient (Wildman–Crippen LogP) is 0.749. The molecule has 0 spiro atoms. The number of likely N-dealkylation sites (tertiary alicyclic amines) is 1. The van der Waals surface area contributed by atoms with Crippen molar-refractivity contribution in [3.63, 3.8) is 0 Å². The van der Waals surface area contributed by atoms with E-state index in [-0.39, 0.29) is 42.3 Å². The van der Waals surface area contributed by atoms with E-state index < -0.39 is 0 Å². The third kappa shape index (κ3) is 6.80. The zero-order valence-corrected chi connectivity index (χ0v) is 21.6. The zero-order chi connectivity index (χ0) is 22.3. The first-order valence-corrected chi connectivity index (χ1v) is 11.6. The molecule has 3 heterocycles. The molecule has 9 nitrogen and oxygen atoms in total. The van der Waals surface area contributed by atoms with Crippen LogP contribution in [0.1, 0.15) is 29.3 Å². The number of hydrogen-bond acceptors (Lipinski definition) is 5. The highest BCUT2D eigenvalue weighted by atomic mass is 127. The number of ether oxygens (including phenoxy) is 1. The van der Waals surface area contributed by atoms with Gasteiger partial charge in [0.05, 0.1) is 26.3 Å². The number of nitrogens with one attached hydrogen (secondary N) is 2. The molecular formula is C23H35IN6O3. The normalized spacial score (nSPS) is 22.0. The maximum absolute atomic E-state index is 12.6. The molecule has 3 saturated heterocycles. The lowest BCUT2D eigenvalue weighted by Crippen LogP contribution is -2.49. The number of morpholine rings is 1. The number of piperazine rings is 1. The second-order valence-corrected chi connectivity index (χ2v) is 8.48. The van der Waals surface area contributed by atoms with E-state index in [0.717, 1.165) is 63.9 Å². The number of benzene rings is 1. The predicted molar refractivity (Wildman–Crippen MR) is 138 cm³/mol. The number of hydrogen-bond donors (Lipinski definition) is 2. The Labute approximate surface area is 212 Å². The summed E-state index contributed by atoms with van der Waals surface area (Å²) in [5, 5.41) is 6.17. The van der Waals surface area contributed by atoms with E-state index in [9.17, 15) is 9.59 Å². The van der Waals surface area contributed by atoms with Crippen LogP contribution in [0.15, 0.2) is 29.3 Å². The van der Waals surface area contributed by atoms with Crippen LogP contribution < -0.4 is 10.6 Å². The van der Waals surface area contributed by atoms with Crippen molar-refractivity contribution >= 4 is 41.8 Å². The first-order chi connectivity index (χ1) is 15.6. The van der Waals surface area contributed by atoms with E-state index in [1.807, 2.05) is 24.3 Å². The molecule has 0 saturated carbocycles. The second kappa shape index (κ2) is 12.5. The fraction of sp³-hybridized carbons (Fsp3) is 0.609. The first kappa shape index (κ1) is 25.7. The number of rotatable bonds is 5. The number of aliphatic imine (C=N–C) groups is 1. The van der Waals surface area contributed by atoms with Crippen LogP contribution in [0.3, 0.4) is 0 Å². The molecule has 1 unspecified atom stereocenters. The van der Waals surface area contributed by atoms with Gasteiger partial charge in [-0.15, -0.1) is 24.0 Å². The van der Waals surface area contributed by atoms with Crippen LogP contribution in [0.2, 0.25) is 0 Å². The van der Waals surface area contributed by atoms with Gasteiger partial charge >= 0.3 is 0 Å². The quantitative estimate of drug-likeness (QED) is 0.309. The van der Waals surface area contributed by atoms with E-state index in [1.165, 1.54) is 0 Å². The third-order valence-electron chi connectivity index (χ3n) is 6.30. The molecule has 4 rings (SSSR count). The maximum Gasteiger partial charge on any atom is 0.254 e. The van der Waals surface area contributed by atoms with Crippen molar-refractivity contribution in [2.45, 2.75) is 25.9 Å². The van der Waals surface area contributed by atoms with Crippen LogP contribution in [0.25, 0.3) is 0 Å². The van der Waals surface area contributed by atoms with Gasteiger partial charge in [-0.3, -0.25) is 14.5 Å². The van der Waals surface area contributed by atoms with Gasteiger partial charge < -0.3 is 25.2 Å². The SMILES string of the molecule is CCNC(=NCc1ccc(C(=O)N2CCNC(=O)C2)cc1)N1CCC(N2CCOCC2)C1.I. The Balaban J connectivity index is 0.00000306. The van der Waals surface area contributed by atoms with Gasteiger partial charge in [-0.1, -0.05) is 12.1 Å². The lowest BCUT2D eigenvalue weighted by Gasteiger charge is -2.32. The summed E-state index contributed by atoms with van der Waals surface area (Å²) < 4.78 is 5.49. The zero-order valence-electron chi connectivity index (χ0n) is 19.3. The van der Waals surface area contributed by atoms with Crippen molar-refractivity contribution in [3.05, 3.63) is 35.4 Å². The van der Waals surface area contributed by atoms with Crippen molar-refractivity contribution in [2.24, 2.45) is 4.99 Å². The molecule has 10 heteroatoms. The fourth-order valence-corrected chi connectivity index (χ4v) is 4.51. The minimum absolute atomic E-state index is 0. The van der Waals surface area contributed by atoms with Gasteiger partial charge in [0.15, 0.2) is 5.96 Å². The van der Waals surface area contributed by atoms with Crippen LogP contribution in [0.5, 0.6) is 0 Å². The Morgan fingerprint density at radius 1 is 1.15 bits per heavy atom. The summed E-state index contributed by atoms with van der Waals surface area (Å²) in [5.74, 6) is 0.737. The third-order valence-corrected chi connectivity index (χ3v) is 6.30. The van der Waals surface area contributed by atoms with Crippen LogP contribution in [0, 0.1) is 0 Å². The topological polar surface area (TPSA) is 89.5 Å². The molecule has 1 aromatic rings. The fourth-order valence-electron chi connectivity index (χ4n) is 4.51. The van der Waals surface area contributed by atoms with Gasteiger partial charge in [-0.2, -0.15) is 0 Å². The van der Waals surface area contributed by atoms with E-state index in [2.05, 4.69) is 27.4 Å². The molecule has 3 aliphatic rings. The minimum Gasteiger partial charge on any atom is -0.379 e. The molecule has 0 aliphatic carbocycles. The van der Waals surface area contributed by atoms with Crippen LogP contribution in [0.4, 0.5) is 0 Å². The molecule has 3 aliphatic heterocycles. The van der Waals surface area contributed by atoms with Gasteiger partial charge in [0.2, 0.25) is 5.91 Å². The maximum atomic E-state index is 12.6. The van der Waals surface area contributed by atoms with Crippen LogP contribution in [-0.2, 0) is 16.1 Å². The minimum atomic E-state index is -0.107. The highest BCUT2D eigenvalue weighted by molar-refractivity contribution is 14.0. The lowest BCUT2D eigenvalue weighted by atomic mass is 10.1. The van der Waals surface area contributed by atoms with E-state index in [1.54, 1.807) is 4.90 Å². The summed E-state index contributed by atoms with van der Waals surface area (Å²) in [4.78, 5) is 35.5. The summed E-state index contributed by atoms with van der Waals surface area (Å²) in [6, 6.07) is 8.12. The molecule has 182 valence electrons. The molecule has 3 fully saturated rings. The van der Waals surface area contributed by atoms with Gasteiger partial charge in [-0.05, 0) is 31.0 Å². The molecule has 1 atom stereocenters. The molecule has 2 N–H and O–H groups in total. The summed E-state index contributed by atoms with van der Waals surface area (Å²) in [6.07, 6.45) is 1.15. The van der Waals surface area contributed by atoms with Gasteiger partial charge in [0.25, 0.3) is 5.91 Å². The molecular weight excluding hydrogens is 535 g/mol. The average Bonchev–Trinajstić information content (AvgIpc) is 3.32. The van der Waals surface area contributed by atoms with Crippen molar-refractivity contribution < 1.29 is 14.3 Å². The number of carbonyl (C=O) groups excluding carboxylic acids is 2. The number of nitrogens with zero attached hydrogens (tertiary/aromatic N) is 4. The summed E-state index contributed by atoms with van der Waals surface area (Å²) in [7, 11) is 0. The number of halogens is 1. The molecule has 1 aromatic carbocycles. The van der Waals surface area contributed by atoms with E-state index in [4.69, 9.17) is 9.73 Å². The van der Waals surface area contributed by atoms with Gasteiger partial charge in [-0.25, -0.2) is 4.99 Å². The summed E-state index contributed by atoms with van der Waals surface area (Å²) in [5.41, 5.74) is 1.66. The number of amides is 2. The Morgan fingerprint density at radius 3 is 2.61 bits per heavy atom. The molecule has 0 bridgehead atoms. The smallest absolute Gasteiger partial charge is 0.254 e. The largest absolute Gasteiger partial charge is 0.379 e. The van der Waals surface area contributed by atoms with Crippen molar-refractivity contribution in [2.75, 3.05) is 65.6 Å². The molecule has 0 radical (unpaired) electrons. The summed E-state index contributed by atoms with van der Waals surface area (Å²) in [6.45, 7) is 10.3. The molecule has 2 amide bonds. The standard InChI is InChI=1S/C23H34N6O3.HI/c1-2-24-23(29-9-7-20(16-29)27-11-13-32-14-12-27)26-15-18-3-5-19(6-4-18)22(31)28-10-8-25-21(30)17-28;/h3-6,20H,2,7-17H2,1H3,(H,24,26)(H,25,30);1H. The Kier molecular flexibility index (Phi) is 9.75. The van der Waals surface area contributed by atoms with Crippen LogP contribution in [-0.4, -0.2) is 104 Å². The van der Waals surface area contributed by atoms with E-state index >= 15 is 0 Å². The van der Waals surface area contributed by atoms with E-state index in [0.29, 0.717) is 31.2 Å². The van der Waals surface area contributed by atoms with Crippen molar-refractivity contribution in [3.8, 4) is 0 Å². The summed E-state index contributed by atoms with van der Waals surface area (Å²) >= 11 is 0. The Bertz CT molecular complexity index is 828. The number of carbonyl (C=O) groups is 2. The molecule has 0 aromatic heterocycles. The highest BCUT2D eigenvalue weighted by Gasteiger charge is 2.30. The second-order valence-electron chi connectivity index (χ2n) is 8.48. The molecule has 33 heavy (non-hydrogen) atoms. The number of guanidine groups is 1. The first-order valence-electron chi connectivity index (χ1n) is 11.6. The average molecular weight is 570 g/mol. The van der Waals surface area contributed by atoms with Crippen LogP contribution >= 0.6 is 24.0 Å². The highest BCUT2D eigenvalue weighted by Crippen LogP contribution is 2.17. The lowest BCUT2D eigenvalue weighted by molar-refractivity contribution is -0.123. The van der Waals surface area contributed by atoms with Crippen molar-refractivity contribution in [1.29, 1.82) is 0 Å². The van der Waals surface area contributed by atoms with Gasteiger partial charge in [0, 0.05) is 57.4 Å². The Hall–Kier alpha value is -1.92.